The molecule has 0 aliphatic heterocycles. The van der Waals surface area contributed by atoms with Crippen LogP contribution in [0.3, 0.4) is 0 Å². The SMILES string of the molecule is COc1cc(C(=O)CCC(C)(O)c2cc(C(C)(C)NC(=O)OC(C)(C)C)cc(-c3ccc(F)c(Cl)c3)n2)ccc1OCC(F)F. The summed E-state index contributed by atoms with van der Waals surface area (Å²) in [5.41, 5.74) is -1.62. The lowest BCUT2D eigenvalue weighted by atomic mass is 9.87. The van der Waals surface area contributed by atoms with Gasteiger partial charge in [0.1, 0.15) is 23.6 Å². The van der Waals surface area contributed by atoms with E-state index in [4.69, 9.17) is 25.8 Å². The third-order valence-electron chi connectivity index (χ3n) is 6.82. The number of aliphatic hydroxyl groups is 1. The van der Waals surface area contributed by atoms with E-state index in [0.29, 0.717) is 16.8 Å². The van der Waals surface area contributed by atoms with Gasteiger partial charge >= 0.3 is 6.09 Å². The zero-order chi connectivity index (χ0) is 33.7. The Morgan fingerprint density at radius 1 is 1.00 bits per heavy atom. The number of nitrogens with one attached hydrogen (secondary N) is 1. The van der Waals surface area contributed by atoms with Crippen molar-refractivity contribution >= 4 is 23.5 Å². The highest BCUT2D eigenvalue weighted by Crippen LogP contribution is 2.35. The molecule has 0 spiro atoms. The molecule has 3 aromatic rings. The zero-order valence-corrected chi connectivity index (χ0v) is 27.0. The molecule has 45 heavy (non-hydrogen) atoms. The predicted molar refractivity (Wildman–Crippen MR) is 165 cm³/mol. The molecule has 1 amide bonds. The summed E-state index contributed by atoms with van der Waals surface area (Å²) in [7, 11) is 1.33. The summed E-state index contributed by atoms with van der Waals surface area (Å²) in [5.74, 6) is -0.773. The van der Waals surface area contributed by atoms with Crippen LogP contribution in [0.4, 0.5) is 18.0 Å². The van der Waals surface area contributed by atoms with Crippen LogP contribution >= 0.6 is 11.6 Å². The van der Waals surface area contributed by atoms with Crippen LogP contribution in [-0.4, -0.2) is 47.7 Å². The van der Waals surface area contributed by atoms with Crippen LogP contribution < -0.4 is 14.8 Å². The summed E-state index contributed by atoms with van der Waals surface area (Å²) in [6.45, 7) is 9.40. The van der Waals surface area contributed by atoms with Crippen molar-refractivity contribution in [2.75, 3.05) is 13.7 Å². The average Bonchev–Trinajstić information content (AvgIpc) is 2.94. The molecule has 8 nitrogen and oxygen atoms in total. The molecule has 0 saturated heterocycles. The first-order chi connectivity index (χ1) is 20.8. The van der Waals surface area contributed by atoms with Gasteiger partial charge in [0.25, 0.3) is 6.43 Å². The normalized spacial score (nSPS) is 13.3. The molecule has 1 heterocycles. The number of ketones is 1. The average molecular weight is 651 g/mol. The number of carbonyl (C=O) groups excluding carboxylic acids is 2. The second-order valence-corrected chi connectivity index (χ2v) is 12.7. The Balaban J connectivity index is 1.94. The molecule has 2 N–H and O–H groups in total. The number of aromatic nitrogens is 1. The van der Waals surface area contributed by atoms with Crippen molar-refractivity contribution in [3.63, 3.8) is 0 Å². The standard InChI is InChI=1S/C33H38ClF3N2O6/c1-31(2,3)45-30(41)39-32(4,5)21-16-24(19-8-10-23(35)22(34)14-19)38-28(17-21)33(6,42)13-12-25(40)20-9-11-26(27(15-20)43-7)44-18-29(36)37/h8-11,14-17,29,42H,12-13,18H2,1-7H3,(H,39,41). The molecular weight excluding hydrogens is 613 g/mol. The van der Waals surface area contributed by atoms with Gasteiger partial charge in [-0.15, -0.1) is 0 Å². The Labute approximate surface area is 265 Å². The van der Waals surface area contributed by atoms with Gasteiger partial charge in [0, 0.05) is 17.5 Å². The van der Waals surface area contributed by atoms with Crippen molar-refractivity contribution in [2.45, 2.75) is 77.6 Å². The van der Waals surface area contributed by atoms with Crippen LogP contribution in [0.1, 0.15) is 76.0 Å². The Morgan fingerprint density at radius 3 is 2.29 bits per heavy atom. The molecule has 0 radical (unpaired) electrons. The number of alkyl halides is 2. The Morgan fingerprint density at radius 2 is 1.69 bits per heavy atom. The molecule has 0 saturated carbocycles. The van der Waals surface area contributed by atoms with E-state index in [-0.39, 0.29) is 46.4 Å². The van der Waals surface area contributed by atoms with E-state index >= 15 is 0 Å². The van der Waals surface area contributed by atoms with Gasteiger partial charge in [0.2, 0.25) is 0 Å². The van der Waals surface area contributed by atoms with E-state index in [1.807, 2.05) is 0 Å². The number of Topliss-reactive ketones (excluding diaryl/α,β-unsaturated/α-hetero) is 1. The van der Waals surface area contributed by atoms with E-state index in [1.165, 1.54) is 50.4 Å². The van der Waals surface area contributed by atoms with Crippen LogP contribution in [-0.2, 0) is 15.9 Å². The summed E-state index contributed by atoms with van der Waals surface area (Å²) in [6, 6.07) is 11.6. The quantitative estimate of drug-likeness (QED) is 0.192. The maximum absolute atomic E-state index is 14.0. The van der Waals surface area contributed by atoms with Gasteiger partial charge in [-0.2, -0.15) is 0 Å². The molecule has 3 rings (SSSR count). The minimum absolute atomic E-state index is 0.0578. The number of rotatable bonds is 12. The highest BCUT2D eigenvalue weighted by molar-refractivity contribution is 6.31. The topological polar surface area (TPSA) is 107 Å². The first-order valence-corrected chi connectivity index (χ1v) is 14.5. The van der Waals surface area contributed by atoms with E-state index in [0.717, 1.165) is 0 Å². The summed E-state index contributed by atoms with van der Waals surface area (Å²) in [4.78, 5) is 30.4. The molecule has 0 fully saturated rings. The lowest BCUT2D eigenvalue weighted by Crippen LogP contribution is -2.44. The summed E-state index contributed by atoms with van der Waals surface area (Å²) in [5, 5.41) is 14.3. The van der Waals surface area contributed by atoms with Crippen molar-refractivity contribution < 1.29 is 42.1 Å². The van der Waals surface area contributed by atoms with Crippen LogP contribution in [0.5, 0.6) is 11.5 Å². The van der Waals surface area contributed by atoms with Gasteiger partial charge in [0.05, 0.1) is 29.1 Å². The minimum Gasteiger partial charge on any atom is -0.493 e. The van der Waals surface area contributed by atoms with Crippen molar-refractivity contribution in [1.82, 2.24) is 10.3 Å². The fraction of sp³-hybridized carbons (Fsp3) is 0.424. The lowest BCUT2D eigenvalue weighted by molar-refractivity contribution is 0.0394. The van der Waals surface area contributed by atoms with Gasteiger partial charge in [-0.25, -0.2) is 22.9 Å². The van der Waals surface area contributed by atoms with Crippen LogP contribution in [0, 0.1) is 5.82 Å². The number of benzene rings is 2. The van der Waals surface area contributed by atoms with Crippen molar-refractivity contribution in [2.24, 2.45) is 0 Å². The molecular formula is C33H38ClF3N2O6. The molecule has 1 unspecified atom stereocenters. The van der Waals surface area contributed by atoms with E-state index in [1.54, 1.807) is 46.8 Å². The maximum atomic E-state index is 14.0. The third-order valence-corrected chi connectivity index (χ3v) is 7.11. The Hall–Kier alpha value is -3.83. The first kappa shape index (κ1) is 35.6. The number of halogens is 4. The number of methoxy groups -OCH3 is 1. The molecule has 244 valence electrons. The largest absolute Gasteiger partial charge is 0.493 e. The van der Waals surface area contributed by atoms with Crippen molar-refractivity contribution in [3.8, 4) is 22.8 Å². The van der Waals surface area contributed by atoms with Crippen LogP contribution in [0.2, 0.25) is 5.02 Å². The second kappa shape index (κ2) is 14.1. The number of pyridine rings is 1. The first-order valence-electron chi connectivity index (χ1n) is 14.2. The number of amides is 1. The van der Waals surface area contributed by atoms with Gasteiger partial charge in [0.15, 0.2) is 17.3 Å². The molecule has 1 aromatic heterocycles. The molecule has 0 aliphatic carbocycles. The molecule has 12 heteroatoms. The van der Waals surface area contributed by atoms with Gasteiger partial charge in [-0.05, 0) is 102 Å². The number of nitrogens with zero attached hydrogens (tertiary/aromatic N) is 1. The number of carbonyl (C=O) groups is 2. The van der Waals surface area contributed by atoms with Gasteiger partial charge in [-0.3, -0.25) is 4.79 Å². The van der Waals surface area contributed by atoms with Gasteiger partial charge in [-0.1, -0.05) is 11.6 Å². The Bertz CT molecular complexity index is 1540. The summed E-state index contributed by atoms with van der Waals surface area (Å²) < 4.78 is 54.8. The molecule has 1 atom stereocenters. The smallest absolute Gasteiger partial charge is 0.408 e. The maximum Gasteiger partial charge on any atom is 0.408 e. The summed E-state index contributed by atoms with van der Waals surface area (Å²) >= 11 is 6.05. The monoisotopic (exact) mass is 650 g/mol. The number of alkyl carbamates (subject to hydrolysis) is 1. The van der Waals surface area contributed by atoms with E-state index in [9.17, 15) is 27.9 Å². The fourth-order valence-electron chi connectivity index (χ4n) is 4.34. The highest BCUT2D eigenvalue weighted by atomic mass is 35.5. The number of ether oxygens (including phenoxy) is 3. The van der Waals surface area contributed by atoms with Crippen LogP contribution in [0.25, 0.3) is 11.3 Å². The zero-order valence-electron chi connectivity index (χ0n) is 26.3. The summed E-state index contributed by atoms with van der Waals surface area (Å²) in [6.07, 6.45) is -3.51. The number of hydrogen-bond acceptors (Lipinski definition) is 7. The molecule has 2 aromatic carbocycles. The van der Waals surface area contributed by atoms with E-state index < -0.39 is 41.7 Å². The second-order valence-electron chi connectivity index (χ2n) is 12.3. The van der Waals surface area contributed by atoms with Gasteiger partial charge < -0.3 is 24.6 Å². The fourth-order valence-corrected chi connectivity index (χ4v) is 4.52. The third kappa shape index (κ3) is 9.83. The number of hydrogen-bond donors (Lipinski definition) is 2. The Kier molecular flexibility index (Phi) is 11.2. The van der Waals surface area contributed by atoms with Crippen molar-refractivity contribution in [1.29, 1.82) is 0 Å². The van der Waals surface area contributed by atoms with Crippen LogP contribution in [0.15, 0.2) is 48.5 Å². The highest BCUT2D eigenvalue weighted by Gasteiger charge is 2.32. The van der Waals surface area contributed by atoms with Crippen molar-refractivity contribution in [3.05, 3.63) is 76.2 Å². The predicted octanol–water partition coefficient (Wildman–Crippen LogP) is 7.82. The molecule has 0 bridgehead atoms. The molecule has 0 aliphatic rings. The lowest BCUT2D eigenvalue weighted by Gasteiger charge is -2.31. The van der Waals surface area contributed by atoms with E-state index in [2.05, 4.69) is 10.3 Å². The minimum atomic E-state index is -2.68.